The summed E-state index contributed by atoms with van der Waals surface area (Å²) in [7, 11) is 0. The normalized spacial score (nSPS) is 19.2. The zero-order valence-corrected chi connectivity index (χ0v) is 29.0. The van der Waals surface area contributed by atoms with Crippen molar-refractivity contribution in [3.63, 3.8) is 0 Å². The molecule has 0 fully saturated rings. The van der Waals surface area contributed by atoms with Crippen molar-refractivity contribution in [3.8, 4) is 0 Å². The van der Waals surface area contributed by atoms with E-state index in [4.69, 9.17) is 28.8 Å². The van der Waals surface area contributed by atoms with E-state index in [0.717, 1.165) is 6.92 Å². The molecule has 0 aromatic carbocycles. The SMILES string of the molecule is CCC(C)C(OC(C)=O)C(=O)OC(C(=O)OC(C(=O)OC(C(=O)OCC(O)C(O)C(O)C(O)CO)C(C)CC)C(C)CC)C(C)CC. The summed E-state index contributed by atoms with van der Waals surface area (Å²) in [5.41, 5.74) is 0. The number of esters is 5. The average Bonchev–Trinajstić information content (AvgIpc) is 3.06. The Morgan fingerprint density at radius 1 is 0.511 bits per heavy atom. The first kappa shape index (κ1) is 44.1. The van der Waals surface area contributed by atoms with E-state index in [9.17, 15) is 44.4 Å². The molecule has 0 aliphatic carbocycles. The number of aliphatic hydroxyl groups excluding tert-OH is 5. The molecule has 0 amide bonds. The fourth-order valence-electron chi connectivity index (χ4n) is 4.11. The van der Waals surface area contributed by atoms with Crippen LogP contribution >= 0.6 is 0 Å². The van der Waals surface area contributed by atoms with Crippen molar-refractivity contribution in [1.29, 1.82) is 0 Å². The Hall–Kier alpha value is -2.85. The van der Waals surface area contributed by atoms with Crippen LogP contribution in [0.25, 0.3) is 0 Å². The lowest BCUT2D eigenvalue weighted by Gasteiger charge is -2.30. The zero-order valence-electron chi connectivity index (χ0n) is 29.0. The number of aliphatic hydroxyl groups is 5. The first-order valence-electron chi connectivity index (χ1n) is 16.2. The molecular formula is C32H56O15. The molecule has 0 heterocycles. The van der Waals surface area contributed by atoms with Crippen molar-refractivity contribution in [2.75, 3.05) is 13.2 Å². The highest BCUT2D eigenvalue weighted by Gasteiger charge is 2.41. The summed E-state index contributed by atoms with van der Waals surface area (Å²) in [6.07, 6.45) is -11.8. The van der Waals surface area contributed by atoms with Gasteiger partial charge in [-0.1, -0.05) is 55.4 Å². The molecule has 15 heteroatoms. The van der Waals surface area contributed by atoms with Gasteiger partial charge in [-0.15, -0.1) is 0 Å². The van der Waals surface area contributed by atoms with Crippen LogP contribution in [0.1, 0.15) is 88.0 Å². The lowest BCUT2D eigenvalue weighted by molar-refractivity contribution is -0.195. The Kier molecular flexibility index (Phi) is 20.6. The van der Waals surface area contributed by atoms with Gasteiger partial charge in [0.05, 0.1) is 6.61 Å². The molecule has 5 N–H and O–H groups in total. The number of hydrogen-bond donors (Lipinski definition) is 5. The summed E-state index contributed by atoms with van der Waals surface area (Å²) < 4.78 is 26.8. The highest BCUT2D eigenvalue weighted by atomic mass is 16.6. The highest BCUT2D eigenvalue weighted by Crippen LogP contribution is 2.23. The standard InChI is InChI=1S/C32H56O15/c1-10-16(5)25(29(39)43-15-22(36)24(38)23(37)21(35)14-33)45-31(41)27(18(7)12-3)47-32(42)28(19(8)13-4)46-30(40)26(17(6)11-2)44-20(9)34/h16-19,21-28,33,35-38H,10-15H2,1-9H3. The van der Waals surface area contributed by atoms with Gasteiger partial charge in [0.25, 0.3) is 0 Å². The van der Waals surface area contributed by atoms with E-state index in [1.165, 1.54) is 0 Å². The van der Waals surface area contributed by atoms with E-state index in [-0.39, 0.29) is 0 Å². The smallest absolute Gasteiger partial charge is 0.348 e. The predicted octanol–water partition coefficient (Wildman–Crippen LogP) is 0.817. The van der Waals surface area contributed by atoms with Gasteiger partial charge in [-0.25, -0.2) is 19.2 Å². The summed E-state index contributed by atoms with van der Waals surface area (Å²) in [6.45, 7) is 12.9. The molecule has 0 bridgehead atoms. The van der Waals surface area contributed by atoms with Crippen LogP contribution in [0.3, 0.4) is 0 Å². The Morgan fingerprint density at radius 3 is 1.11 bits per heavy atom. The summed E-state index contributed by atoms with van der Waals surface area (Å²) in [5.74, 6) is -7.06. The van der Waals surface area contributed by atoms with Gasteiger partial charge in [0.1, 0.15) is 31.0 Å². The minimum Gasteiger partial charge on any atom is -0.460 e. The average molecular weight is 681 g/mol. The van der Waals surface area contributed by atoms with Crippen LogP contribution in [-0.4, -0.2) is 117 Å². The molecule has 0 saturated heterocycles. The maximum Gasteiger partial charge on any atom is 0.348 e. The van der Waals surface area contributed by atoms with Gasteiger partial charge in [0.2, 0.25) is 24.4 Å². The summed E-state index contributed by atoms with van der Waals surface area (Å²) in [4.78, 5) is 64.6. The molecule has 0 radical (unpaired) electrons. The van der Waals surface area contributed by atoms with Crippen LogP contribution in [-0.2, 0) is 47.7 Å². The van der Waals surface area contributed by atoms with E-state index < -0.39 is 116 Å². The second-order valence-corrected chi connectivity index (χ2v) is 12.1. The molecular weight excluding hydrogens is 624 g/mol. The second kappa shape index (κ2) is 21.9. The van der Waals surface area contributed by atoms with Crippen LogP contribution in [0.15, 0.2) is 0 Å². The molecule has 15 nitrogen and oxygen atoms in total. The van der Waals surface area contributed by atoms with Gasteiger partial charge in [-0.05, 0) is 25.7 Å². The van der Waals surface area contributed by atoms with Crippen molar-refractivity contribution < 1.29 is 73.2 Å². The third kappa shape index (κ3) is 14.0. The monoisotopic (exact) mass is 680 g/mol. The quantitative estimate of drug-likeness (QED) is 0.0787. The third-order valence-electron chi connectivity index (χ3n) is 8.32. The van der Waals surface area contributed by atoms with Crippen LogP contribution in [0.5, 0.6) is 0 Å². The molecule has 12 unspecified atom stereocenters. The fraction of sp³-hybridized carbons (Fsp3) is 0.844. The minimum absolute atomic E-state index is 0.332. The minimum atomic E-state index is -1.98. The number of rotatable bonds is 22. The Bertz CT molecular complexity index is 988. The third-order valence-corrected chi connectivity index (χ3v) is 8.32. The molecule has 0 aliphatic heterocycles. The van der Waals surface area contributed by atoms with E-state index in [1.54, 1.807) is 55.4 Å². The van der Waals surface area contributed by atoms with Crippen LogP contribution in [0.2, 0.25) is 0 Å². The number of carbonyl (C=O) groups excluding carboxylic acids is 5. The molecule has 274 valence electrons. The van der Waals surface area contributed by atoms with Crippen molar-refractivity contribution in [2.24, 2.45) is 23.7 Å². The fourth-order valence-corrected chi connectivity index (χ4v) is 4.11. The first-order chi connectivity index (χ1) is 21.9. The first-order valence-corrected chi connectivity index (χ1v) is 16.2. The summed E-state index contributed by atoms with van der Waals surface area (Å²) in [6, 6.07) is 0. The number of carbonyl (C=O) groups is 5. The van der Waals surface area contributed by atoms with E-state index in [2.05, 4.69) is 0 Å². The van der Waals surface area contributed by atoms with Gasteiger partial charge < -0.3 is 49.2 Å². The van der Waals surface area contributed by atoms with Crippen molar-refractivity contribution in [1.82, 2.24) is 0 Å². The topological polar surface area (TPSA) is 233 Å². The highest BCUT2D eigenvalue weighted by molar-refractivity contribution is 5.86. The maximum atomic E-state index is 13.5. The second-order valence-electron chi connectivity index (χ2n) is 12.1. The number of ether oxygens (including phenoxy) is 5. The van der Waals surface area contributed by atoms with Crippen molar-refractivity contribution in [3.05, 3.63) is 0 Å². The molecule has 0 saturated carbocycles. The number of hydrogen-bond acceptors (Lipinski definition) is 15. The largest absolute Gasteiger partial charge is 0.460 e. The van der Waals surface area contributed by atoms with Gasteiger partial charge in [-0.2, -0.15) is 0 Å². The Labute approximate surface area is 276 Å². The molecule has 0 spiro atoms. The van der Waals surface area contributed by atoms with E-state index in [1.807, 2.05) is 0 Å². The molecule has 47 heavy (non-hydrogen) atoms. The Morgan fingerprint density at radius 2 is 0.809 bits per heavy atom. The van der Waals surface area contributed by atoms with Crippen molar-refractivity contribution >= 4 is 29.8 Å². The van der Waals surface area contributed by atoms with E-state index in [0.29, 0.717) is 25.7 Å². The maximum absolute atomic E-state index is 13.5. The molecule has 0 aliphatic rings. The zero-order chi connectivity index (χ0) is 36.6. The summed E-state index contributed by atoms with van der Waals surface area (Å²) in [5, 5.41) is 48.4. The van der Waals surface area contributed by atoms with Crippen molar-refractivity contribution in [2.45, 2.75) is 137 Å². The Balaban J connectivity index is 6.01. The molecule has 12 atom stereocenters. The lowest BCUT2D eigenvalue weighted by Crippen LogP contribution is -2.48. The van der Waals surface area contributed by atoms with Gasteiger partial charge in [0.15, 0.2) is 0 Å². The van der Waals surface area contributed by atoms with Crippen LogP contribution in [0, 0.1) is 23.7 Å². The molecule has 0 rings (SSSR count). The molecule has 0 aromatic heterocycles. The predicted molar refractivity (Wildman–Crippen MR) is 165 cm³/mol. The summed E-state index contributed by atoms with van der Waals surface area (Å²) >= 11 is 0. The lowest BCUT2D eigenvalue weighted by atomic mass is 9.98. The van der Waals surface area contributed by atoms with Gasteiger partial charge >= 0.3 is 29.8 Å². The van der Waals surface area contributed by atoms with Crippen LogP contribution < -0.4 is 0 Å². The van der Waals surface area contributed by atoms with Gasteiger partial charge in [0, 0.05) is 30.6 Å². The van der Waals surface area contributed by atoms with Crippen LogP contribution in [0.4, 0.5) is 0 Å². The molecule has 0 aromatic rings. The van der Waals surface area contributed by atoms with E-state index >= 15 is 0 Å². The van der Waals surface area contributed by atoms with Gasteiger partial charge in [-0.3, -0.25) is 4.79 Å².